The van der Waals surface area contributed by atoms with Crippen molar-refractivity contribution in [3.8, 4) is 0 Å². The van der Waals surface area contributed by atoms with Gasteiger partial charge in [-0.25, -0.2) is 19.2 Å². The number of nitrogens with two attached hydrogens (primary N) is 2. The Kier molecular flexibility index (Phi) is 16.3. The van der Waals surface area contributed by atoms with E-state index in [1.807, 2.05) is 0 Å². The van der Waals surface area contributed by atoms with E-state index >= 15 is 0 Å². The van der Waals surface area contributed by atoms with E-state index in [0.29, 0.717) is 76.8 Å². The monoisotopic (exact) mass is 734 g/mol. The van der Waals surface area contributed by atoms with Crippen LogP contribution in [0.5, 0.6) is 0 Å². The van der Waals surface area contributed by atoms with E-state index in [9.17, 15) is 19.2 Å². The molecule has 0 atom stereocenters. The highest BCUT2D eigenvalue weighted by Gasteiger charge is 2.32. The third-order valence-electron chi connectivity index (χ3n) is 11.9. The van der Waals surface area contributed by atoms with E-state index in [4.69, 9.17) is 30.4 Å². The number of likely N-dealkylation sites (tertiary alicyclic amines) is 2. The van der Waals surface area contributed by atoms with Crippen LogP contribution in [0.1, 0.15) is 128 Å². The highest BCUT2D eigenvalue weighted by atomic mass is 16.6. The van der Waals surface area contributed by atoms with Crippen molar-refractivity contribution in [3.05, 3.63) is 0 Å². The molecule has 0 bridgehead atoms. The molecule has 3 aliphatic carbocycles. The van der Waals surface area contributed by atoms with Crippen molar-refractivity contribution in [2.75, 3.05) is 52.6 Å². The van der Waals surface area contributed by atoms with Crippen molar-refractivity contribution in [3.63, 3.8) is 0 Å². The van der Waals surface area contributed by atoms with Gasteiger partial charge in [-0.05, 0) is 76.0 Å². The lowest BCUT2D eigenvalue weighted by molar-refractivity contribution is 0.00313. The summed E-state index contributed by atoms with van der Waals surface area (Å²) < 4.78 is 23.4. The lowest BCUT2D eigenvalue weighted by Crippen LogP contribution is -2.46. The van der Waals surface area contributed by atoms with Crippen molar-refractivity contribution in [1.82, 2.24) is 19.6 Å². The fourth-order valence-electron chi connectivity index (χ4n) is 8.66. The van der Waals surface area contributed by atoms with Gasteiger partial charge in [0.25, 0.3) is 0 Å². The molecule has 5 fully saturated rings. The fraction of sp³-hybridized carbons (Fsp3) is 0.895. The van der Waals surface area contributed by atoms with E-state index in [2.05, 4.69) is 0 Å². The predicted molar refractivity (Wildman–Crippen MR) is 195 cm³/mol. The Morgan fingerprint density at radius 1 is 0.442 bits per heavy atom. The van der Waals surface area contributed by atoms with Crippen LogP contribution in [0, 0.1) is 11.8 Å². The van der Waals surface area contributed by atoms with E-state index in [1.165, 1.54) is 38.5 Å². The molecule has 0 spiro atoms. The molecule has 0 radical (unpaired) electrons. The average molecular weight is 735 g/mol. The van der Waals surface area contributed by atoms with Gasteiger partial charge in [-0.3, -0.25) is 9.80 Å². The van der Waals surface area contributed by atoms with Crippen LogP contribution in [0.15, 0.2) is 0 Å². The van der Waals surface area contributed by atoms with Crippen LogP contribution in [-0.2, 0) is 18.9 Å². The second-order valence-corrected chi connectivity index (χ2v) is 15.8. The zero-order valence-corrected chi connectivity index (χ0v) is 31.5. The Balaban J connectivity index is 0.935. The van der Waals surface area contributed by atoms with Crippen LogP contribution in [0.4, 0.5) is 19.2 Å². The highest BCUT2D eigenvalue weighted by Crippen LogP contribution is 2.28. The quantitative estimate of drug-likeness (QED) is 0.196. The van der Waals surface area contributed by atoms with Gasteiger partial charge in [0.15, 0.2) is 0 Å². The Morgan fingerprint density at radius 2 is 0.769 bits per heavy atom. The first-order valence-electron chi connectivity index (χ1n) is 20.5. The van der Waals surface area contributed by atoms with Crippen LogP contribution >= 0.6 is 0 Å². The number of ether oxygens (including phenoxy) is 4. The summed E-state index contributed by atoms with van der Waals surface area (Å²) >= 11 is 0. The van der Waals surface area contributed by atoms with Gasteiger partial charge in [-0.2, -0.15) is 0 Å². The zero-order chi connectivity index (χ0) is 36.7. The van der Waals surface area contributed by atoms with Gasteiger partial charge < -0.3 is 40.2 Å². The van der Waals surface area contributed by atoms with Crippen LogP contribution in [-0.4, -0.2) is 121 Å². The van der Waals surface area contributed by atoms with Crippen molar-refractivity contribution in [1.29, 1.82) is 0 Å². The lowest BCUT2D eigenvalue weighted by Gasteiger charge is -2.35. The van der Waals surface area contributed by atoms with E-state index in [1.54, 1.807) is 19.6 Å². The topological polar surface area (TPSA) is 170 Å². The highest BCUT2D eigenvalue weighted by molar-refractivity contribution is 5.69. The third kappa shape index (κ3) is 12.6. The minimum absolute atomic E-state index is 0.152. The van der Waals surface area contributed by atoms with E-state index < -0.39 is 0 Å². The largest absolute Gasteiger partial charge is 0.446 e. The lowest BCUT2D eigenvalue weighted by atomic mass is 9.89. The molecular weight excluding hydrogens is 668 g/mol. The second-order valence-electron chi connectivity index (χ2n) is 15.8. The van der Waals surface area contributed by atoms with Crippen LogP contribution in [0.3, 0.4) is 0 Å². The number of hydrogen-bond acceptors (Lipinski definition) is 10. The van der Waals surface area contributed by atoms with Gasteiger partial charge in [-0.1, -0.05) is 38.5 Å². The minimum Gasteiger partial charge on any atom is -0.446 e. The number of amides is 4. The summed E-state index contributed by atoms with van der Waals surface area (Å²) in [6.45, 7) is 3.55. The molecular formula is C38H66N6O8. The smallest absolute Gasteiger partial charge is 0.411 e. The Morgan fingerprint density at radius 3 is 1.10 bits per heavy atom. The molecule has 2 aliphatic heterocycles. The van der Waals surface area contributed by atoms with Crippen LogP contribution in [0.25, 0.3) is 0 Å². The number of rotatable bonds is 10. The Labute approximate surface area is 310 Å². The van der Waals surface area contributed by atoms with Gasteiger partial charge >= 0.3 is 24.4 Å². The number of hydrogen-bond donors (Lipinski definition) is 2. The maximum atomic E-state index is 13.0. The standard InChI is InChI=1S/C38H66N6O8/c39-27-43(25-29-9-3-1-4-10-29)37(47)51-33-17-21-41(22-18-33)35(45)49-31-13-7-15-32(16-8-14-31)50-36(46)42-23-19-34(20-24-42)52-38(48)44(28-40)26-30-11-5-2-6-12-30/h29-34H,1-28,39-40H2/t31-,32-. The molecule has 2 saturated heterocycles. The molecule has 0 aromatic heterocycles. The maximum absolute atomic E-state index is 13.0. The van der Waals surface area contributed by atoms with Gasteiger partial charge in [0.1, 0.15) is 24.4 Å². The van der Waals surface area contributed by atoms with Crippen LogP contribution in [0.2, 0.25) is 0 Å². The summed E-state index contributed by atoms with van der Waals surface area (Å²) in [5.74, 6) is 0.989. The molecule has 0 unspecified atom stereocenters. The van der Waals surface area contributed by atoms with Crippen molar-refractivity contribution >= 4 is 24.4 Å². The molecule has 14 heteroatoms. The summed E-state index contributed by atoms with van der Waals surface area (Å²) in [5, 5.41) is 0. The number of piperidine rings is 2. The summed E-state index contributed by atoms with van der Waals surface area (Å²) in [6.07, 6.45) is 16.6. The third-order valence-corrected chi connectivity index (χ3v) is 11.9. The Bertz CT molecular complexity index is 1020. The summed E-state index contributed by atoms with van der Waals surface area (Å²) in [6, 6.07) is 0. The number of carbonyl (C=O) groups is 4. The fourth-order valence-corrected chi connectivity index (χ4v) is 8.66. The molecule has 3 saturated carbocycles. The first-order chi connectivity index (χ1) is 25.3. The molecule has 4 N–H and O–H groups in total. The second kappa shape index (κ2) is 21.0. The number of carbonyl (C=O) groups excluding carboxylic acids is 4. The molecule has 296 valence electrons. The van der Waals surface area contributed by atoms with Gasteiger partial charge in [-0.15, -0.1) is 0 Å². The molecule has 0 aromatic carbocycles. The first-order valence-corrected chi connectivity index (χ1v) is 20.5. The molecule has 14 nitrogen and oxygen atoms in total. The Hall–Kier alpha value is -3.00. The van der Waals surface area contributed by atoms with Crippen molar-refractivity contribution in [2.24, 2.45) is 23.3 Å². The van der Waals surface area contributed by atoms with Crippen molar-refractivity contribution in [2.45, 2.75) is 153 Å². The summed E-state index contributed by atoms with van der Waals surface area (Å²) in [7, 11) is 0. The SMILES string of the molecule is NCN(CC1CCCCC1)C(=O)OC1CCN(C(=O)O[C@H]2CCC[C@H](OC(=O)N3CCC(OC(=O)N(CN)CC4CCCCC4)CC3)CCC2)CC1. The zero-order valence-electron chi connectivity index (χ0n) is 31.5. The van der Waals surface area contributed by atoms with Crippen molar-refractivity contribution < 1.29 is 38.1 Å². The molecule has 4 amide bonds. The molecule has 2 heterocycles. The first kappa shape index (κ1) is 40.2. The molecule has 5 aliphatic rings. The molecule has 5 rings (SSSR count). The van der Waals surface area contributed by atoms with Gasteiger partial charge in [0.2, 0.25) is 0 Å². The predicted octanol–water partition coefficient (Wildman–Crippen LogP) is 6.15. The molecule has 0 aromatic rings. The van der Waals surface area contributed by atoms with Gasteiger partial charge in [0.05, 0.1) is 13.3 Å². The summed E-state index contributed by atoms with van der Waals surface area (Å²) in [4.78, 5) is 58.3. The maximum Gasteiger partial charge on any atom is 0.411 e. The van der Waals surface area contributed by atoms with Gasteiger partial charge in [0, 0.05) is 65.0 Å². The molecule has 52 heavy (non-hydrogen) atoms. The summed E-state index contributed by atoms with van der Waals surface area (Å²) in [5.41, 5.74) is 11.8. The minimum atomic E-state index is -0.352. The normalized spacial score (nSPS) is 24.7. The number of nitrogens with zero attached hydrogens (tertiary/aromatic N) is 4. The van der Waals surface area contributed by atoms with Crippen LogP contribution < -0.4 is 11.5 Å². The average Bonchev–Trinajstić information content (AvgIpc) is 3.16. The van der Waals surface area contributed by atoms with E-state index in [0.717, 1.165) is 64.2 Å². The van der Waals surface area contributed by atoms with E-state index in [-0.39, 0.29) is 62.1 Å².